The molecule has 0 saturated carbocycles. The fourth-order valence-electron chi connectivity index (χ4n) is 7.76. The molecule has 3 aromatic rings. The van der Waals surface area contributed by atoms with Crippen molar-refractivity contribution in [2.24, 2.45) is 14.1 Å². The molecule has 1 aromatic heterocycles. The first-order chi connectivity index (χ1) is 22.6. The van der Waals surface area contributed by atoms with E-state index in [0.717, 1.165) is 67.3 Å². The summed E-state index contributed by atoms with van der Waals surface area (Å²) in [5.74, 6) is -0.589. The first-order valence-corrected chi connectivity index (χ1v) is 17.2. The monoisotopic (exact) mass is 684 g/mol. The maximum Gasteiger partial charge on any atom is 0.329 e. The number of nitrogens with zero attached hydrogens (tertiary/aromatic N) is 4. The largest absolute Gasteiger partial charge is 0.859 e. The van der Waals surface area contributed by atoms with Gasteiger partial charge in [0.05, 0.1) is 11.0 Å². The summed E-state index contributed by atoms with van der Waals surface area (Å²) in [6, 6.07) is 12.0. The van der Waals surface area contributed by atoms with E-state index in [9.17, 15) is 14.7 Å². The van der Waals surface area contributed by atoms with Gasteiger partial charge in [0.1, 0.15) is 6.54 Å². The van der Waals surface area contributed by atoms with E-state index in [-0.39, 0.29) is 16.4 Å². The number of anilines is 1. The fourth-order valence-corrected chi connectivity index (χ4v) is 8.10. The first kappa shape index (κ1) is 33.8. The van der Waals surface area contributed by atoms with E-state index in [2.05, 4.69) is 87.5 Å². The Balaban J connectivity index is 1.54. The van der Waals surface area contributed by atoms with E-state index in [1.165, 1.54) is 14.1 Å². The van der Waals surface area contributed by atoms with Gasteiger partial charge in [-0.2, -0.15) is 4.58 Å². The van der Waals surface area contributed by atoms with Crippen LogP contribution in [-0.2, 0) is 24.9 Å². The summed E-state index contributed by atoms with van der Waals surface area (Å²) < 4.78 is 4.33. The van der Waals surface area contributed by atoms with Crippen molar-refractivity contribution in [3.63, 3.8) is 0 Å². The number of benzene rings is 2. The molecular formula is C39H42Cl2N4O3. The van der Waals surface area contributed by atoms with Crippen LogP contribution >= 0.6 is 23.2 Å². The molecule has 0 radical (unpaired) electrons. The highest BCUT2D eigenvalue weighted by Gasteiger charge is 2.44. The van der Waals surface area contributed by atoms with Gasteiger partial charge in [-0.1, -0.05) is 49.2 Å². The molecular weight excluding hydrogens is 643 g/mol. The van der Waals surface area contributed by atoms with E-state index < -0.39 is 17.1 Å². The average Bonchev–Trinajstić information content (AvgIpc) is 3.61. The van der Waals surface area contributed by atoms with E-state index >= 15 is 0 Å². The van der Waals surface area contributed by atoms with Crippen LogP contribution in [0.15, 0.2) is 87.1 Å². The lowest BCUT2D eigenvalue weighted by Crippen LogP contribution is -2.40. The number of fused-ring (bicyclic) bond motifs is 2. The van der Waals surface area contributed by atoms with E-state index in [4.69, 9.17) is 23.2 Å². The summed E-state index contributed by atoms with van der Waals surface area (Å²) in [7, 11) is 2.84. The highest BCUT2D eigenvalue weighted by atomic mass is 35.5. The lowest BCUT2D eigenvalue weighted by atomic mass is 9.81. The second kappa shape index (κ2) is 12.1. The Morgan fingerprint density at radius 2 is 1.54 bits per heavy atom. The van der Waals surface area contributed by atoms with Crippen LogP contribution in [0.5, 0.6) is 5.88 Å². The zero-order valence-corrected chi connectivity index (χ0v) is 30.4. The third kappa shape index (κ3) is 5.14. The number of rotatable bonds is 6. The zero-order valence-electron chi connectivity index (χ0n) is 28.9. The molecule has 250 valence electrons. The molecule has 0 amide bonds. The molecule has 7 nitrogen and oxygen atoms in total. The smallest absolute Gasteiger partial charge is 0.329 e. The Bertz CT molecular complexity index is 2160. The van der Waals surface area contributed by atoms with Gasteiger partial charge in [-0.3, -0.25) is 9.36 Å². The predicted octanol–water partition coefficient (Wildman–Crippen LogP) is 7.29. The van der Waals surface area contributed by atoms with Crippen molar-refractivity contribution >= 4 is 45.9 Å². The molecule has 0 N–H and O–H groups in total. The Kier molecular flexibility index (Phi) is 8.54. The molecule has 3 aliphatic rings. The second-order valence-corrected chi connectivity index (χ2v) is 14.7. The van der Waals surface area contributed by atoms with E-state index in [1.807, 2.05) is 24.3 Å². The van der Waals surface area contributed by atoms with Crippen LogP contribution in [-0.4, -0.2) is 32.5 Å². The number of hydrogen-bond acceptors (Lipinski definition) is 4. The van der Waals surface area contributed by atoms with Crippen molar-refractivity contribution in [1.29, 1.82) is 0 Å². The van der Waals surface area contributed by atoms with Crippen molar-refractivity contribution in [3.05, 3.63) is 125 Å². The molecule has 0 bridgehead atoms. The minimum Gasteiger partial charge on any atom is -0.859 e. The van der Waals surface area contributed by atoms with Gasteiger partial charge >= 0.3 is 5.69 Å². The molecule has 0 atom stereocenters. The summed E-state index contributed by atoms with van der Waals surface area (Å²) in [5.41, 5.74) is 7.28. The Morgan fingerprint density at radius 1 is 0.875 bits per heavy atom. The highest BCUT2D eigenvalue weighted by molar-refractivity contribution is 6.31. The summed E-state index contributed by atoms with van der Waals surface area (Å²) >= 11 is 12.9. The normalized spacial score (nSPS) is 19.8. The van der Waals surface area contributed by atoms with E-state index in [0.29, 0.717) is 28.5 Å². The molecule has 0 saturated heterocycles. The fraction of sp³-hybridized carbons (Fsp3) is 0.359. The molecule has 9 heteroatoms. The molecule has 0 unspecified atom stereocenters. The van der Waals surface area contributed by atoms with Crippen molar-refractivity contribution in [2.45, 2.75) is 65.2 Å². The number of likely N-dealkylation sites (N-methyl/N-ethyl adjacent to an activating group) is 1. The van der Waals surface area contributed by atoms with Gasteiger partial charge in [0, 0.05) is 65.2 Å². The SMILES string of the molecule is CCN1C(=CC=C2CCC(C=CC3=[N+](CC)c4ccc(Cl)cc4C3(C)C)=C2c2c([O-])n(C)c(=O)n(C)c2=O)C(C)(C)c2cc(Cl)ccc21. The number of allylic oxidation sites excluding steroid dienone is 8. The highest BCUT2D eigenvalue weighted by Crippen LogP contribution is 2.49. The van der Waals surface area contributed by atoms with Crippen molar-refractivity contribution < 1.29 is 9.68 Å². The minimum absolute atomic E-state index is 0.0209. The summed E-state index contributed by atoms with van der Waals surface area (Å²) in [4.78, 5) is 28.7. The molecule has 48 heavy (non-hydrogen) atoms. The quantitative estimate of drug-likeness (QED) is 0.256. The van der Waals surface area contributed by atoms with Crippen LogP contribution in [0, 0.1) is 0 Å². The maximum atomic E-state index is 13.7. The first-order valence-electron chi connectivity index (χ1n) is 16.5. The Morgan fingerprint density at radius 3 is 2.21 bits per heavy atom. The number of hydrogen-bond donors (Lipinski definition) is 0. The molecule has 0 fully saturated rings. The predicted molar refractivity (Wildman–Crippen MR) is 195 cm³/mol. The third-order valence-electron chi connectivity index (χ3n) is 10.4. The summed E-state index contributed by atoms with van der Waals surface area (Å²) in [5, 5.41) is 15.1. The van der Waals surface area contributed by atoms with Crippen molar-refractivity contribution in [1.82, 2.24) is 9.13 Å². The van der Waals surface area contributed by atoms with Gasteiger partial charge in [-0.25, -0.2) is 4.79 Å². The lowest BCUT2D eigenvalue weighted by Gasteiger charge is -2.26. The minimum atomic E-state index is -0.641. The molecule has 1 aliphatic carbocycles. The van der Waals surface area contributed by atoms with Crippen LogP contribution < -0.4 is 21.3 Å². The zero-order chi connectivity index (χ0) is 34.9. The van der Waals surface area contributed by atoms with E-state index in [1.54, 1.807) is 0 Å². The summed E-state index contributed by atoms with van der Waals surface area (Å²) in [6.45, 7) is 14.5. The van der Waals surface area contributed by atoms with Crippen LogP contribution in [0.1, 0.15) is 71.1 Å². The molecule has 6 rings (SSSR count). The van der Waals surface area contributed by atoms with Gasteiger partial charge in [0.25, 0.3) is 5.56 Å². The van der Waals surface area contributed by atoms with Gasteiger partial charge in [-0.05, 0) is 105 Å². The van der Waals surface area contributed by atoms with Gasteiger partial charge in [-0.15, -0.1) is 0 Å². The average molecular weight is 686 g/mol. The topological polar surface area (TPSA) is 73.3 Å². The van der Waals surface area contributed by atoms with Crippen molar-refractivity contribution in [3.8, 4) is 5.88 Å². The molecule has 2 aromatic carbocycles. The molecule has 3 heterocycles. The Hall–Kier alpha value is -4.07. The second-order valence-electron chi connectivity index (χ2n) is 13.8. The summed E-state index contributed by atoms with van der Waals surface area (Å²) in [6.07, 6.45) is 9.62. The van der Waals surface area contributed by atoms with Crippen LogP contribution in [0.25, 0.3) is 5.57 Å². The van der Waals surface area contributed by atoms with Crippen LogP contribution in [0.2, 0.25) is 10.0 Å². The van der Waals surface area contributed by atoms with Crippen molar-refractivity contribution in [2.75, 3.05) is 18.0 Å². The number of halogens is 2. The maximum absolute atomic E-state index is 13.7. The third-order valence-corrected chi connectivity index (χ3v) is 10.9. The van der Waals surface area contributed by atoms with Crippen LogP contribution in [0.4, 0.5) is 11.4 Å². The van der Waals surface area contributed by atoms with Gasteiger partial charge in [0.2, 0.25) is 5.69 Å². The molecule has 0 spiro atoms. The standard InChI is InChI=1S/C39H42Cl2N4O3/c1-9-44-29-17-15-25(40)21-27(29)38(3,4)31(44)19-13-23-11-12-24(33(23)34-35(46)42(7)37(48)43(8)36(34)47)14-20-32-39(5,6)28-22-26(41)16-18-30(28)45(32)10-2/h13-22H,9-12H2,1-8H3. The molecule has 2 aliphatic heterocycles. The number of aromatic nitrogens is 2. The van der Waals surface area contributed by atoms with Crippen LogP contribution in [0.3, 0.4) is 0 Å². The van der Waals surface area contributed by atoms with Gasteiger partial charge < -0.3 is 14.6 Å². The lowest BCUT2D eigenvalue weighted by molar-refractivity contribution is -0.433. The van der Waals surface area contributed by atoms with Gasteiger partial charge in [0.15, 0.2) is 5.71 Å². The Labute approximate surface area is 292 Å².